The molecule has 6 nitrogen and oxygen atoms in total. The SMILES string of the molecule is O=C(NCc1ccccc1F)OC1CCC2(CC1)CCN(c1ccc(OC(F)(F)F)cc1)C2=O. The molecule has 1 heterocycles. The van der Waals surface area contributed by atoms with Crippen molar-refractivity contribution in [2.75, 3.05) is 11.4 Å². The number of hydrogen-bond acceptors (Lipinski definition) is 4. The molecule has 0 atom stereocenters. The zero-order valence-electron chi connectivity index (χ0n) is 18.2. The zero-order valence-corrected chi connectivity index (χ0v) is 18.2. The van der Waals surface area contributed by atoms with E-state index in [1.807, 2.05) is 0 Å². The number of halogens is 4. The van der Waals surface area contributed by atoms with Crippen molar-refractivity contribution in [3.8, 4) is 5.75 Å². The van der Waals surface area contributed by atoms with Gasteiger partial charge in [-0.25, -0.2) is 9.18 Å². The van der Waals surface area contributed by atoms with Gasteiger partial charge in [0.05, 0.1) is 5.41 Å². The Morgan fingerprint density at radius 3 is 2.38 bits per heavy atom. The van der Waals surface area contributed by atoms with E-state index in [4.69, 9.17) is 4.74 Å². The number of carbonyl (C=O) groups excluding carboxylic acids is 2. The second kappa shape index (κ2) is 9.52. The van der Waals surface area contributed by atoms with Gasteiger partial charge in [0.25, 0.3) is 0 Å². The first kappa shape index (κ1) is 23.8. The minimum absolute atomic E-state index is 0.0163. The van der Waals surface area contributed by atoms with Crippen LogP contribution in [-0.2, 0) is 16.1 Å². The first-order chi connectivity index (χ1) is 16.2. The van der Waals surface area contributed by atoms with Crippen LogP contribution in [0.5, 0.6) is 5.75 Å². The molecule has 1 N–H and O–H groups in total. The maximum Gasteiger partial charge on any atom is 0.573 e. The largest absolute Gasteiger partial charge is 0.573 e. The smallest absolute Gasteiger partial charge is 0.446 e. The molecule has 1 aliphatic heterocycles. The molecule has 2 aliphatic rings. The summed E-state index contributed by atoms with van der Waals surface area (Å²) in [5, 5.41) is 2.55. The second-order valence-corrected chi connectivity index (χ2v) is 8.58. The topological polar surface area (TPSA) is 67.9 Å². The van der Waals surface area contributed by atoms with Gasteiger partial charge in [-0.1, -0.05) is 18.2 Å². The number of alkyl carbamates (subject to hydrolysis) is 1. The molecule has 1 aliphatic carbocycles. The molecule has 2 aromatic rings. The number of hydrogen-bond donors (Lipinski definition) is 1. The van der Waals surface area contributed by atoms with E-state index in [1.165, 1.54) is 30.3 Å². The summed E-state index contributed by atoms with van der Waals surface area (Å²) < 4.78 is 60.1. The van der Waals surface area contributed by atoms with Gasteiger partial charge in [0, 0.05) is 24.3 Å². The summed E-state index contributed by atoms with van der Waals surface area (Å²) in [5.41, 5.74) is 0.309. The molecule has 1 spiro atoms. The highest BCUT2D eigenvalue weighted by Crippen LogP contribution is 2.46. The fourth-order valence-corrected chi connectivity index (χ4v) is 4.62. The molecule has 10 heteroatoms. The molecule has 4 rings (SSSR count). The second-order valence-electron chi connectivity index (χ2n) is 8.58. The monoisotopic (exact) mass is 480 g/mol. The number of amides is 2. The molecular formula is C24H24F4N2O4. The predicted octanol–water partition coefficient (Wildman–Crippen LogP) is 5.32. The molecule has 1 saturated heterocycles. The zero-order chi connectivity index (χ0) is 24.3. The molecule has 0 bridgehead atoms. The average Bonchev–Trinajstić information content (AvgIpc) is 3.10. The van der Waals surface area contributed by atoms with Crippen LogP contribution in [0, 0.1) is 11.2 Å². The van der Waals surface area contributed by atoms with Gasteiger partial charge in [0.2, 0.25) is 5.91 Å². The van der Waals surface area contributed by atoms with Crippen molar-refractivity contribution in [3.63, 3.8) is 0 Å². The van der Waals surface area contributed by atoms with Crippen molar-refractivity contribution < 1.29 is 36.6 Å². The van der Waals surface area contributed by atoms with Gasteiger partial charge in [-0.15, -0.1) is 13.2 Å². The van der Waals surface area contributed by atoms with Crippen molar-refractivity contribution >= 4 is 17.7 Å². The number of alkyl halides is 3. The van der Waals surface area contributed by atoms with Crippen LogP contribution in [0.2, 0.25) is 0 Å². The summed E-state index contributed by atoms with van der Waals surface area (Å²) in [4.78, 5) is 26.9. The molecule has 0 aromatic heterocycles. The van der Waals surface area contributed by atoms with Gasteiger partial charge in [-0.2, -0.15) is 0 Å². The number of nitrogens with zero attached hydrogens (tertiary/aromatic N) is 1. The van der Waals surface area contributed by atoms with Crippen molar-refractivity contribution in [2.24, 2.45) is 5.41 Å². The lowest BCUT2D eigenvalue weighted by atomic mass is 9.72. The highest BCUT2D eigenvalue weighted by atomic mass is 19.4. The van der Waals surface area contributed by atoms with Gasteiger partial charge in [-0.05, 0) is 62.4 Å². The molecular weight excluding hydrogens is 456 g/mol. The average molecular weight is 480 g/mol. The lowest BCUT2D eigenvalue weighted by molar-refractivity contribution is -0.274. The maximum absolute atomic E-state index is 13.7. The van der Waals surface area contributed by atoms with Crippen molar-refractivity contribution in [2.45, 2.75) is 51.1 Å². The van der Waals surface area contributed by atoms with Crippen LogP contribution in [-0.4, -0.2) is 31.0 Å². The molecule has 2 aromatic carbocycles. The number of ether oxygens (including phenoxy) is 2. The Bertz CT molecular complexity index is 1030. The fourth-order valence-electron chi connectivity index (χ4n) is 4.62. The lowest BCUT2D eigenvalue weighted by Crippen LogP contribution is -2.40. The Kier molecular flexibility index (Phi) is 6.67. The van der Waals surface area contributed by atoms with Crippen molar-refractivity contribution in [1.82, 2.24) is 5.32 Å². The Morgan fingerprint density at radius 2 is 1.74 bits per heavy atom. The highest BCUT2D eigenvalue weighted by Gasteiger charge is 2.49. The van der Waals surface area contributed by atoms with Crippen molar-refractivity contribution in [1.29, 1.82) is 0 Å². The van der Waals surface area contributed by atoms with Gasteiger partial charge >= 0.3 is 12.5 Å². The van der Waals surface area contributed by atoms with E-state index in [0.717, 1.165) is 0 Å². The van der Waals surface area contributed by atoms with E-state index in [9.17, 15) is 27.2 Å². The Hall–Kier alpha value is -3.30. The number of carbonyl (C=O) groups is 2. The molecule has 0 radical (unpaired) electrons. The summed E-state index contributed by atoms with van der Waals surface area (Å²) in [6.07, 6.45) is -3.00. The van der Waals surface area contributed by atoms with Crippen LogP contribution in [0.25, 0.3) is 0 Å². The van der Waals surface area contributed by atoms with Crippen LogP contribution in [0.4, 0.5) is 28.0 Å². The van der Waals surface area contributed by atoms with E-state index >= 15 is 0 Å². The van der Waals surface area contributed by atoms with Gasteiger partial charge in [-0.3, -0.25) is 4.79 Å². The number of nitrogens with one attached hydrogen (secondary N) is 1. The van der Waals surface area contributed by atoms with E-state index in [-0.39, 0.29) is 24.3 Å². The van der Waals surface area contributed by atoms with Crippen LogP contribution < -0.4 is 15.0 Å². The van der Waals surface area contributed by atoms with E-state index < -0.39 is 23.7 Å². The summed E-state index contributed by atoms with van der Waals surface area (Å²) in [6, 6.07) is 11.4. The molecule has 2 amide bonds. The minimum Gasteiger partial charge on any atom is -0.446 e. The van der Waals surface area contributed by atoms with Gasteiger partial charge < -0.3 is 19.7 Å². The Balaban J connectivity index is 1.28. The first-order valence-corrected chi connectivity index (χ1v) is 11.0. The predicted molar refractivity (Wildman–Crippen MR) is 115 cm³/mol. The van der Waals surface area contributed by atoms with Gasteiger partial charge in [0.1, 0.15) is 17.7 Å². The highest BCUT2D eigenvalue weighted by molar-refractivity contribution is 6.00. The molecule has 1 saturated carbocycles. The van der Waals surface area contributed by atoms with E-state index in [1.54, 1.807) is 23.1 Å². The lowest BCUT2D eigenvalue weighted by Gasteiger charge is -2.35. The summed E-state index contributed by atoms with van der Waals surface area (Å²) >= 11 is 0. The third kappa shape index (κ3) is 5.43. The third-order valence-corrected chi connectivity index (χ3v) is 6.44. The normalized spacial score (nSPS) is 22.6. The van der Waals surface area contributed by atoms with Crippen LogP contribution in [0.15, 0.2) is 48.5 Å². The van der Waals surface area contributed by atoms with E-state index in [2.05, 4.69) is 10.1 Å². The third-order valence-electron chi connectivity index (χ3n) is 6.44. The molecule has 2 fully saturated rings. The fraction of sp³-hybridized carbons (Fsp3) is 0.417. The number of anilines is 1. The maximum atomic E-state index is 13.7. The quantitative estimate of drug-likeness (QED) is 0.589. The van der Waals surface area contributed by atoms with Crippen LogP contribution in [0.1, 0.15) is 37.7 Å². The number of benzene rings is 2. The van der Waals surface area contributed by atoms with E-state index in [0.29, 0.717) is 49.9 Å². The van der Waals surface area contributed by atoms with Crippen LogP contribution >= 0.6 is 0 Å². The Labute approximate surface area is 193 Å². The number of rotatable bonds is 5. The summed E-state index contributed by atoms with van der Waals surface area (Å²) in [5.74, 6) is -0.822. The van der Waals surface area contributed by atoms with Gasteiger partial charge in [0.15, 0.2) is 0 Å². The molecule has 34 heavy (non-hydrogen) atoms. The van der Waals surface area contributed by atoms with Crippen LogP contribution in [0.3, 0.4) is 0 Å². The first-order valence-electron chi connectivity index (χ1n) is 11.0. The molecule has 182 valence electrons. The van der Waals surface area contributed by atoms with Crippen molar-refractivity contribution in [3.05, 3.63) is 59.9 Å². The standard InChI is InChI=1S/C24H24F4N2O4/c25-20-4-2-1-3-16(20)15-29-22(32)33-18-9-11-23(12-10-18)13-14-30(21(23)31)17-5-7-19(8-6-17)34-24(26,27)28/h1-8,18H,9-15H2,(H,29,32). The molecule has 0 unspecified atom stereocenters. The summed E-state index contributed by atoms with van der Waals surface area (Å²) in [6.45, 7) is 0.482. The Morgan fingerprint density at radius 1 is 1.06 bits per heavy atom. The summed E-state index contributed by atoms with van der Waals surface area (Å²) in [7, 11) is 0. The minimum atomic E-state index is -4.77.